The van der Waals surface area contributed by atoms with Crippen LogP contribution in [0.3, 0.4) is 0 Å². The highest BCUT2D eigenvalue weighted by Crippen LogP contribution is 2.26. The molecule has 0 aliphatic carbocycles. The molecule has 8 heteroatoms. The molecule has 2 amide bonds. The van der Waals surface area contributed by atoms with Gasteiger partial charge >= 0.3 is 6.03 Å². The third kappa shape index (κ3) is 5.17. The van der Waals surface area contributed by atoms with E-state index in [2.05, 4.69) is 22.9 Å². The van der Waals surface area contributed by atoms with Gasteiger partial charge in [-0.15, -0.1) is 0 Å². The number of anilines is 2. The fraction of sp³-hybridized carbons (Fsp3) is 0.240. The van der Waals surface area contributed by atoms with E-state index in [1.165, 1.54) is 12.1 Å². The smallest absolute Gasteiger partial charge is 0.320 e. The Hall–Kier alpha value is -3.39. The zero-order valence-electron chi connectivity index (χ0n) is 18.6. The Morgan fingerprint density at radius 2 is 1.73 bits per heavy atom. The molecule has 172 valence electrons. The highest BCUT2D eigenvalue weighted by molar-refractivity contribution is 7.92. The lowest BCUT2D eigenvalue weighted by Gasteiger charge is -2.36. The molecule has 1 N–H and O–H groups in total. The van der Waals surface area contributed by atoms with Gasteiger partial charge in [0.15, 0.2) is 0 Å². The van der Waals surface area contributed by atoms with Gasteiger partial charge in [0.25, 0.3) is 10.0 Å². The van der Waals surface area contributed by atoms with E-state index >= 15 is 0 Å². The summed E-state index contributed by atoms with van der Waals surface area (Å²) in [6, 6.07) is 17.5. The maximum Gasteiger partial charge on any atom is 0.324 e. The number of nitrogens with zero attached hydrogens (tertiary/aromatic N) is 2. The van der Waals surface area contributed by atoms with Crippen LogP contribution in [0.4, 0.5) is 20.6 Å². The van der Waals surface area contributed by atoms with E-state index in [1.807, 2.05) is 18.7 Å². The normalized spacial score (nSPS) is 14.5. The van der Waals surface area contributed by atoms with Gasteiger partial charge in [0, 0.05) is 25.3 Å². The minimum atomic E-state index is -3.88. The maximum absolute atomic E-state index is 13.3. The molecular weight excluding hydrogens is 441 g/mol. The number of rotatable bonds is 6. The molecule has 1 aliphatic rings. The van der Waals surface area contributed by atoms with E-state index in [-0.39, 0.29) is 10.9 Å². The average molecular weight is 468 g/mol. The van der Waals surface area contributed by atoms with Crippen molar-refractivity contribution in [2.45, 2.75) is 31.7 Å². The Morgan fingerprint density at radius 1 is 0.970 bits per heavy atom. The summed E-state index contributed by atoms with van der Waals surface area (Å²) in [6.45, 7) is 5.82. The van der Waals surface area contributed by atoms with Crippen molar-refractivity contribution in [3.05, 3.63) is 89.2 Å². The van der Waals surface area contributed by atoms with Gasteiger partial charge in [-0.2, -0.15) is 0 Å². The van der Waals surface area contributed by atoms with Crippen LogP contribution in [-0.2, 0) is 16.6 Å². The van der Waals surface area contributed by atoms with Gasteiger partial charge in [0.2, 0.25) is 0 Å². The Kier molecular flexibility index (Phi) is 6.37. The minimum absolute atomic E-state index is 0.0388. The van der Waals surface area contributed by atoms with Crippen LogP contribution < -0.4 is 9.62 Å². The van der Waals surface area contributed by atoms with Crippen LogP contribution in [0.25, 0.3) is 0 Å². The third-order valence-electron chi connectivity index (χ3n) is 5.71. The molecule has 4 rings (SSSR count). The summed E-state index contributed by atoms with van der Waals surface area (Å²) in [6.07, 6.45) is 0.808. The van der Waals surface area contributed by atoms with Gasteiger partial charge in [-0.25, -0.2) is 17.6 Å². The van der Waals surface area contributed by atoms with Crippen LogP contribution in [0, 0.1) is 19.7 Å². The summed E-state index contributed by atoms with van der Waals surface area (Å²) in [5.41, 5.74) is 4.35. The molecule has 0 bridgehead atoms. The van der Waals surface area contributed by atoms with Gasteiger partial charge in [-0.05, 0) is 73.9 Å². The molecule has 1 saturated heterocycles. The van der Waals surface area contributed by atoms with Crippen LogP contribution in [0.5, 0.6) is 0 Å². The first-order chi connectivity index (χ1) is 15.7. The second kappa shape index (κ2) is 9.23. The Morgan fingerprint density at radius 3 is 2.48 bits per heavy atom. The standard InChI is InChI=1S/C25H26FN3O3S/c1-18-7-8-19(2)20(15-18)17-28-13-4-14-29(25(28)30)23-6-3-5-22(16-23)27-33(31,32)24-11-9-21(26)10-12-24/h3,5-12,15-16,27H,4,13-14,17H2,1-2H3. The number of hydrogen-bond donors (Lipinski definition) is 1. The SMILES string of the molecule is Cc1ccc(C)c(CN2CCCN(c3cccc(NS(=O)(=O)c4ccc(F)cc4)c3)C2=O)c1. The topological polar surface area (TPSA) is 69.7 Å². The molecule has 0 unspecified atom stereocenters. The van der Waals surface area contributed by atoms with Crippen molar-refractivity contribution in [1.29, 1.82) is 0 Å². The van der Waals surface area contributed by atoms with Crippen molar-refractivity contribution < 1.29 is 17.6 Å². The van der Waals surface area contributed by atoms with E-state index in [1.54, 1.807) is 29.2 Å². The first kappa shape index (κ1) is 22.8. The second-order valence-corrected chi connectivity index (χ2v) is 9.93. The number of aryl methyl sites for hydroxylation is 2. The van der Waals surface area contributed by atoms with Crippen LogP contribution in [-0.4, -0.2) is 32.4 Å². The minimum Gasteiger partial charge on any atom is -0.320 e. The van der Waals surface area contributed by atoms with Gasteiger partial charge in [-0.1, -0.05) is 29.8 Å². The van der Waals surface area contributed by atoms with Gasteiger partial charge < -0.3 is 4.90 Å². The predicted molar refractivity (Wildman–Crippen MR) is 127 cm³/mol. The Labute approximate surface area is 193 Å². The molecule has 1 heterocycles. The number of urea groups is 1. The number of carbonyl (C=O) groups excluding carboxylic acids is 1. The lowest BCUT2D eigenvalue weighted by Crippen LogP contribution is -2.49. The van der Waals surface area contributed by atoms with Gasteiger partial charge in [0.1, 0.15) is 5.82 Å². The van der Waals surface area contributed by atoms with Crippen molar-refractivity contribution in [3.63, 3.8) is 0 Å². The molecular formula is C25H26FN3O3S. The van der Waals surface area contributed by atoms with Gasteiger partial charge in [0.05, 0.1) is 10.6 Å². The van der Waals surface area contributed by atoms with Crippen molar-refractivity contribution in [1.82, 2.24) is 4.90 Å². The molecule has 6 nitrogen and oxygen atoms in total. The van der Waals surface area contributed by atoms with Crippen molar-refractivity contribution in [3.8, 4) is 0 Å². The Balaban J connectivity index is 1.53. The number of nitrogens with one attached hydrogen (secondary N) is 1. The number of benzene rings is 3. The first-order valence-electron chi connectivity index (χ1n) is 10.7. The fourth-order valence-electron chi connectivity index (χ4n) is 3.91. The van der Waals surface area contributed by atoms with E-state index in [0.717, 1.165) is 35.2 Å². The number of halogens is 1. The number of carbonyl (C=O) groups is 1. The molecule has 0 aromatic heterocycles. The quantitative estimate of drug-likeness (QED) is 0.550. The van der Waals surface area contributed by atoms with Crippen molar-refractivity contribution in [2.24, 2.45) is 0 Å². The summed E-state index contributed by atoms with van der Waals surface area (Å²) >= 11 is 0. The van der Waals surface area contributed by atoms with Crippen molar-refractivity contribution >= 4 is 27.4 Å². The summed E-state index contributed by atoms with van der Waals surface area (Å²) < 4.78 is 41.0. The van der Waals surface area contributed by atoms with E-state index in [4.69, 9.17) is 0 Å². The van der Waals surface area contributed by atoms with Crippen molar-refractivity contribution in [2.75, 3.05) is 22.7 Å². The lowest BCUT2D eigenvalue weighted by atomic mass is 10.0. The van der Waals surface area contributed by atoms with Crippen LogP contribution >= 0.6 is 0 Å². The molecule has 0 radical (unpaired) electrons. The summed E-state index contributed by atoms with van der Waals surface area (Å²) in [4.78, 5) is 16.7. The molecule has 0 atom stereocenters. The van der Waals surface area contributed by atoms with E-state index in [0.29, 0.717) is 31.0 Å². The molecule has 0 spiro atoms. The highest BCUT2D eigenvalue weighted by Gasteiger charge is 2.27. The fourth-order valence-corrected chi connectivity index (χ4v) is 4.96. The number of hydrogen-bond acceptors (Lipinski definition) is 3. The van der Waals surface area contributed by atoms with Crippen LogP contribution in [0.15, 0.2) is 71.6 Å². The van der Waals surface area contributed by atoms with Crippen LogP contribution in [0.1, 0.15) is 23.1 Å². The zero-order chi connectivity index (χ0) is 23.6. The van der Waals surface area contributed by atoms with Crippen LogP contribution in [0.2, 0.25) is 0 Å². The summed E-state index contributed by atoms with van der Waals surface area (Å²) in [7, 11) is -3.88. The number of amides is 2. The Bertz CT molecular complexity index is 1280. The molecule has 1 aliphatic heterocycles. The summed E-state index contributed by atoms with van der Waals surface area (Å²) in [5.74, 6) is -0.509. The zero-order valence-corrected chi connectivity index (χ0v) is 19.4. The average Bonchev–Trinajstić information content (AvgIpc) is 2.78. The molecule has 3 aromatic rings. The van der Waals surface area contributed by atoms with Gasteiger partial charge in [-0.3, -0.25) is 9.62 Å². The second-order valence-electron chi connectivity index (χ2n) is 8.25. The van der Waals surface area contributed by atoms with E-state index < -0.39 is 15.8 Å². The summed E-state index contributed by atoms with van der Waals surface area (Å²) in [5, 5.41) is 0. The monoisotopic (exact) mass is 467 g/mol. The first-order valence-corrected chi connectivity index (χ1v) is 12.2. The third-order valence-corrected chi connectivity index (χ3v) is 7.11. The molecule has 3 aromatic carbocycles. The maximum atomic E-state index is 13.3. The lowest BCUT2D eigenvalue weighted by molar-refractivity contribution is 0.192. The highest BCUT2D eigenvalue weighted by atomic mass is 32.2. The van der Waals surface area contributed by atoms with E-state index in [9.17, 15) is 17.6 Å². The molecule has 0 saturated carbocycles. The molecule has 1 fully saturated rings. The molecule has 33 heavy (non-hydrogen) atoms. The number of sulfonamides is 1. The predicted octanol–water partition coefficient (Wildman–Crippen LogP) is 5.08. The largest absolute Gasteiger partial charge is 0.324 e.